The largest absolute Gasteiger partial charge is 0.355 e. The highest BCUT2D eigenvalue weighted by Crippen LogP contribution is 2.40. The minimum absolute atomic E-state index is 0.00480. The quantitative estimate of drug-likeness (QED) is 0.510. The van der Waals surface area contributed by atoms with E-state index in [1.807, 2.05) is 12.1 Å². The molecule has 1 amide bonds. The summed E-state index contributed by atoms with van der Waals surface area (Å²) < 4.78 is 2.13. The van der Waals surface area contributed by atoms with Crippen molar-refractivity contribution in [3.8, 4) is 0 Å². The topological polar surface area (TPSA) is 59.8 Å². The molecule has 1 aliphatic rings. The van der Waals surface area contributed by atoms with E-state index in [0.29, 0.717) is 28.3 Å². The van der Waals surface area contributed by atoms with Crippen LogP contribution in [0.1, 0.15) is 62.8 Å². The summed E-state index contributed by atoms with van der Waals surface area (Å²) in [6.45, 7) is 5.60. The molecule has 0 spiro atoms. The zero-order valence-electron chi connectivity index (χ0n) is 16.3. The van der Waals surface area contributed by atoms with Crippen LogP contribution in [0.2, 0.25) is 10.0 Å². The Balaban J connectivity index is 1.55. The van der Waals surface area contributed by atoms with Crippen molar-refractivity contribution in [2.24, 2.45) is 0 Å². The number of amides is 1. The Morgan fingerprint density at radius 3 is 2.75 bits per heavy atom. The molecule has 5 nitrogen and oxygen atoms in total. The first kappa shape index (κ1) is 21.5. The highest BCUT2D eigenvalue weighted by molar-refractivity contribution is 7.99. The zero-order chi connectivity index (χ0) is 20.1. The first-order valence-electron chi connectivity index (χ1n) is 9.81. The lowest BCUT2D eigenvalue weighted by Crippen LogP contribution is -2.30. The standard InChI is InChI=1S/C20H26Cl2N4OS/c1-3-5-14(16-9-8-15(21)10-17(16)22)11-23-18(27)12-28-20-25-24-19(13-6-7-13)26(20)4-2/h8-10,13-14H,3-7,11-12H2,1-2H3,(H,23,27). The van der Waals surface area contributed by atoms with Gasteiger partial charge < -0.3 is 9.88 Å². The lowest BCUT2D eigenvalue weighted by Gasteiger charge is -2.19. The van der Waals surface area contributed by atoms with Crippen molar-refractivity contribution < 1.29 is 4.79 Å². The van der Waals surface area contributed by atoms with E-state index in [-0.39, 0.29) is 11.8 Å². The lowest BCUT2D eigenvalue weighted by molar-refractivity contribution is -0.118. The molecule has 28 heavy (non-hydrogen) atoms. The molecule has 1 aliphatic carbocycles. The molecule has 1 N–H and O–H groups in total. The maximum atomic E-state index is 12.4. The fraction of sp³-hybridized carbons (Fsp3) is 0.550. The Morgan fingerprint density at radius 1 is 1.32 bits per heavy atom. The first-order valence-corrected chi connectivity index (χ1v) is 11.5. The number of aromatic nitrogens is 3. The average Bonchev–Trinajstić information content (AvgIpc) is 3.43. The number of nitrogens with one attached hydrogen (secondary N) is 1. The molecule has 0 saturated heterocycles. The van der Waals surface area contributed by atoms with Crippen LogP contribution in [0.4, 0.5) is 0 Å². The van der Waals surface area contributed by atoms with Gasteiger partial charge in [-0.1, -0.05) is 54.4 Å². The summed E-state index contributed by atoms with van der Waals surface area (Å²) in [6.07, 6.45) is 4.34. The van der Waals surface area contributed by atoms with E-state index >= 15 is 0 Å². The number of nitrogens with zero attached hydrogens (tertiary/aromatic N) is 3. The van der Waals surface area contributed by atoms with Crippen LogP contribution < -0.4 is 5.32 Å². The molecular weight excluding hydrogens is 415 g/mol. The molecule has 1 unspecified atom stereocenters. The van der Waals surface area contributed by atoms with Gasteiger partial charge in [-0.2, -0.15) is 0 Å². The molecule has 1 heterocycles. The van der Waals surface area contributed by atoms with E-state index < -0.39 is 0 Å². The summed E-state index contributed by atoms with van der Waals surface area (Å²) >= 11 is 13.8. The molecule has 0 aliphatic heterocycles. The SMILES string of the molecule is CCCC(CNC(=O)CSc1nnc(C2CC2)n1CC)c1ccc(Cl)cc1Cl. The number of halogens is 2. The second-order valence-electron chi connectivity index (χ2n) is 7.10. The van der Waals surface area contributed by atoms with Crippen LogP contribution in [0.5, 0.6) is 0 Å². The minimum Gasteiger partial charge on any atom is -0.355 e. The van der Waals surface area contributed by atoms with Crippen molar-refractivity contribution >= 4 is 40.9 Å². The van der Waals surface area contributed by atoms with E-state index in [4.69, 9.17) is 23.2 Å². The molecule has 152 valence electrons. The summed E-state index contributed by atoms with van der Waals surface area (Å²) in [5, 5.41) is 13.7. The Kier molecular flexibility index (Phi) is 7.66. The maximum absolute atomic E-state index is 12.4. The Morgan fingerprint density at radius 2 is 2.11 bits per heavy atom. The van der Waals surface area contributed by atoms with Crippen LogP contribution >= 0.6 is 35.0 Å². The van der Waals surface area contributed by atoms with E-state index in [2.05, 4.69) is 33.9 Å². The van der Waals surface area contributed by atoms with Crippen LogP contribution in [-0.4, -0.2) is 33.0 Å². The second kappa shape index (κ2) is 9.99. The van der Waals surface area contributed by atoms with Crippen molar-refractivity contribution in [3.05, 3.63) is 39.6 Å². The molecule has 1 aromatic heterocycles. The third-order valence-corrected chi connectivity index (χ3v) is 6.45. The predicted molar refractivity (Wildman–Crippen MR) is 116 cm³/mol. The van der Waals surface area contributed by atoms with E-state index in [1.165, 1.54) is 24.6 Å². The molecule has 0 bridgehead atoms. The Hall–Kier alpha value is -1.24. The van der Waals surface area contributed by atoms with Crippen molar-refractivity contribution in [3.63, 3.8) is 0 Å². The van der Waals surface area contributed by atoms with Gasteiger partial charge in [0.1, 0.15) is 5.82 Å². The Bertz CT molecular complexity index is 823. The number of thioether (sulfide) groups is 1. The molecule has 1 atom stereocenters. The van der Waals surface area contributed by atoms with Crippen LogP contribution in [-0.2, 0) is 11.3 Å². The van der Waals surface area contributed by atoms with Crippen LogP contribution in [0.15, 0.2) is 23.4 Å². The fourth-order valence-electron chi connectivity index (χ4n) is 3.31. The van der Waals surface area contributed by atoms with Crippen molar-refractivity contribution in [2.75, 3.05) is 12.3 Å². The molecule has 3 rings (SSSR count). The monoisotopic (exact) mass is 440 g/mol. The average molecular weight is 441 g/mol. The predicted octanol–water partition coefficient (Wildman–Crippen LogP) is 5.27. The maximum Gasteiger partial charge on any atom is 0.230 e. The van der Waals surface area contributed by atoms with Crippen LogP contribution in [0.25, 0.3) is 0 Å². The van der Waals surface area contributed by atoms with Gasteiger partial charge in [0.15, 0.2) is 5.16 Å². The molecule has 1 saturated carbocycles. The van der Waals surface area contributed by atoms with Crippen molar-refractivity contribution in [2.45, 2.75) is 63.1 Å². The van der Waals surface area contributed by atoms with Crippen molar-refractivity contribution in [1.29, 1.82) is 0 Å². The fourth-order valence-corrected chi connectivity index (χ4v) is 4.72. The van der Waals surface area contributed by atoms with Crippen molar-refractivity contribution in [1.82, 2.24) is 20.1 Å². The zero-order valence-corrected chi connectivity index (χ0v) is 18.6. The smallest absolute Gasteiger partial charge is 0.230 e. The highest BCUT2D eigenvalue weighted by Gasteiger charge is 2.30. The molecular formula is C20H26Cl2N4OS. The third kappa shape index (κ3) is 5.43. The van der Waals surface area contributed by atoms with Gasteiger partial charge in [-0.15, -0.1) is 10.2 Å². The van der Waals surface area contributed by atoms with Gasteiger partial charge >= 0.3 is 0 Å². The van der Waals surface area contributed by atoms with E-state index in [9.17, 15) is 4.79 Å². The van der Waals surface area contributed by atoms with E-state index in [0.717, 1.165) is 35.9 Å². The molecule has 1 aromatic carbocycles. The molecule has 1 fully saturated rings. The molecule has 0 radical (unpaired) electrons. The normalized spacial score (nSPS) is 14.9. The summed E-state index contributed by atoms with van der Waals surface area (Å²) in [6, 6.07) is 5.56. The Labute approximate surface area is 180 Å². The van der Waals surface area contributed by atoms with Gasteiger partial charge in [0.05, 0.1) is 5.75 Å². The van der Waals surface area contributed by atoms with Gasteiger partial charge in [0.2, 0.25) is 5.91 Å². The summed E-state index contributed by atoms with van der Waals surface area (Å²) in [5.41, 5.74) is 1.03. The number of rotatable bonds is 10. The number of carbonyl (C=O) groups is 1. The third-order valence-electron chi connectivity index (χ3n) is 4.92. The number of hydrogen-bond donors (Lipinski definition) is 1. The number of benzene rings is 1. The van der Waals surface area contributed by atoms with Gasteiger partial charge in [0, 0.05) is 35.0 Å². The van der Waals surface area contributed by atoms with Gasteiger partial charge in [-0.05, 0) is 43.9 Å². The van der Waals surface area contributed by atoms with Crippen LogP contribution in [0, 0.1) is 0 Å². The summed E-state index contributed by atoms with van der Waals surface area (Å²) in [4.78, 5) is 12.4. The van der Waals surface area contributed by atoms with Crippen LogP contribution in [0.3, 0.4) is 0 Å². The lowest BCUT2D eigenvalue weighted by atomic mass is 9.94. The van der Waals surface area contributed by atoms with Gasteiger partial charge in [0.25, 0.3) is 0 Å². The number of carbonyl (C=O) groups excluding carboxylic acids is 1. The molecule has 8 heteroatoms. The van der Waals surface area contributed by atoms with Gasteiger partial charge in [-0.25, -0.2) is 0 Å². The molecule has 2 aromatic rings. The summed E-state index contributed by atoms with van der Waals surface area (Å²) in [5.74, 6) is 2.11. The summed E-state index contributed by atoms with van der Waals surface area (Å²) in [7, 11) is 0. The van der Waals surface area contributed by atoms with E-state index in [1.54, 1.807) is 6.07 Å². The van der Waals surface area contributed by atoms with Gasteiger partial charge in [-0.3, -0.25) is 4.79 Å². The minimum atomic E-state index is -0.00480. The second-order valence-corrected chi connectivity index (χ2v) is 8.89. The first-order chi connectivity index (χ1) is 13.5. The number of hydrogen-bond acceptors (Lipinski definition) is 4. The highest BCUT2D eigenvalue weighted by atomic mass is 35.5.